The maximum Gasteiger partial charge on any atom is 0.239 e. The second kappa shape index (κ2) is 13.8. The molecule has 3 amide bonds. The number of carbonyl (C=O) groups excluding carboxylic acids is 3. The summed E-state index contributed by atoms with van der Waals surface area (Å²) in [6.07, 6.45) is 3.71. The van der Waals surface area contributed by atoms with Gasteiger partial charge in [-0.05, 0) is 18.8 Å². The molecule has 2 rings (SSSR count). The number of unbranched alkanes of at least 4 members (excludes halogenated alkanes) is 2. The Morgan fingerprint density at radius 3 is 2.28 bits per heavy atom. The molecule has 29 heavy (non-hydrogen) atoms. The summed E-state index contributed by atoms with van der Waals surface area (Å²) in [7, 11) is 0. The third-order valence-electron chi connectivity index (χ3n) is 5.17. The van der Waals surface area contributed by atoms with Crippen molar-refractivity contribution in [3.05, 3.63) is 0 Å². The van der Waals surface area contributed by atoms with Gasteiger partial charge in [0.25, 0.3) is 0 Å². The maximum atomic E-state index is 12.3. The molecule has 1 unspecified atom stereocenters. The summed E-state index contributed by atoms with van der Waals surface area (Å²) in [5.74, 6) is 0.715. The molecular formula is C20H37ClN4O4. The minimum Gasteiger partial charge on any atom is -0.378 e. The average Bonchev–Trinajstić information content (AvgIpc) is 2.70. The van der Waals surface area contributed by atoms with Crippen molar-refractivity contribution in [1.29, 1.82) is 0 Å². The fraction of sp³-hybridized carbons (Fsp3) is 0.850. The van der Waals surface area contributed by atoms with Gasteiger partial charge in [-0.2, -0.15) is 0 Å². The number of morpholine rings is 1. The molecule has 8 nitrogen and oxygen atoms in total. The fourth-order valence-electron chi connectivity index (χ4n) is 3.49. The minimum atomic E-state index is -0.249. The van der Waals surface area contributed by atoms with Crippen LogP contribution in [0.4, 0.5) is 0 Å². The first kappa shape index (κ1) is 25.7. The van der Waals surface area contributed by atoms with Crippen LogP contribution in [0.15, 0.2) is 0 Å². The highest BCUT2D eigenvalue weighted by Gasteiger charge is 2.24. The lowest BCUT2D eigenvalue weighted by Crippen LogP contribution is -2.51. The van der Waals surface area contributed by atoms with Crippen molar-refractivity contribution < 1.29 is 19.1 Å². The highest BCUT2D eigenvalue weighted by Crippen LogP contribution is 2.10. The number of hydrogen-bond acceptors (Lipinski definition) is 5. The Balaban J connectivity index is 0.00000420. The van der Waals surface area contributed by atoms with E-state index in [9.17, 15) is 14.4 Å². The van der Waals surface area contributed by atoms with Crippen LogP contribution in [-0.4, -0.2) is 86.0 Å². The lowest BCUT2D eigenvalue weighted by atomic mass is 10.1. The van der Waals surface area contributed by atoms with Gasteiger partial charge in [-0.3, -0.25) is 14.4 Å². The van der Waals surface area contributed by atoms with Gasteiger partial charge in [0.1, 0.15) is 6.04 Å². The van der Waals surface area contributed by atoms with Gasteiger partial charge in [-0.1, -0.05) is 20.3 Å². The lowest BCUT2D eigenvalue weighted by molar-refractivity contribution is -0.140. The number of hydrogen-bond donors (Lipinski definition) is 2. The number of nitrogens with zero attached hydrogens (tertiary/aromatic N) is 2. The Kier molecular flexibility index (Phi) is 12.2. The zero-order chi connectivity index (χ0) is 20.4. The predicted octanol–water partition coefficient (Wildman–Crippen LogP) is 0.790. The second-order valence-electron chi connectivity index (χ2n) is 8.04. The van der Waals surface area contributed by atoms with Crippen LogP contribution in [0.1, 0.15) is 46.0 Å². The molecule has 2 fully saturated rings. The van der Waals surface area contributed by atoms with E-state index < -0.39 is 0 Å². The number of halogens is 1. The first-order valence-electron chi connectivity index (χ1n) is 10.6. The van der Waals surface area contributed by atoms with Crippen molar-refractivity contribution in [2.24, 2.45) is 5.92 Å². The van der Waals surface area contributed by atoms with Gasteiger partial charge in [0.2, 0.25) is 17.7 Å². The third-order valence-corrected chi connectivity index (χ3v) is 5.17. The predicted molar refractivity (Wildman–Crippen MR) is 114 cm³/mol. The molecule has 2 saturated heterocycles. The van der Waals surface area contributed by atoms with E-state index in [2.05, 4.69) is 10.6 Å². The van der Waals surface area contributed by atoms with Gasteiger partial charge in [0.15, 0.2) is 0 Å². The van der Waals surface area contributed by atoms with Crippen LogP contribution in [0, 0.1) is 5.92 Å². The van der Waals surface area contributed by atoms with Crippen LogP contribution >= 0.6 is 12.4 Å². The number of amides is 3. The maximum absolute atomic E-state index is 12.3. The van der Waals surface area contributed by atoms with Gasteiger partial charge in [0.05, 0.1) is 13.2 Å². The molecule has 168 valence electrons. The van der Waals surface area contributed by atoms with Gasteiger partial charge in [0, 0.05) is 52.1 Å². The molecule has 0 saturated carbocycles. The van der Waals surface area contributed by atoms with Gasteiger partial charge < -0.3 is 25.2 Å². The minimum absolute atomic E-state index is 0. The Morgan fingerprint density at radius 1 is 1.03 bits per heavy atom. The molecule has 9 heteroatoms. The van der Waals surface area contributed by atoms with Crippen molar-refractivity contribution in [2.75, 3.05) is 52.5 Å². The topological polar surface area (TPSA) is 91.0 Å². The zero-order valence-corrected chi connectivity index (χ0v) is 18.6. The standard InChI is InChI=1S/C20H36N4O4.ClH/c1-16(2)14-19(26)24-11-9-23(10-12-24)18(25)6-4-3-5-7-22-20(27)17-15-28-13-8-21-17;/h16-17,21H,3-15H2,1-2H3,(H,22,27);1H. The molecule has 0 spiro atoms. The Morgan fingerprint density at radius 2 is 1.69 bits per heavy atom. The molecule has 2 aliphatic rings. The number of carbonyl (C=O) groups is 3. The van der Waals surface area contributed by atoms with Gasteiger partial charge >= 0.3 is 0 Å². The van der Waals surface area contributed by atoms with Crippen molar-refractivity contribution in [3.8, 4) is 0 Å². The van der Waals surface area contributed by atoms with Crippen molar-refractivity contribution in [3.63, 3.8) is 0 Å². The van der Waals surface area contributed by atoms with Crippen LogP contribution in [0.3, 0.4) is 0 Å². The Bertz CT molecular complexity index is 519. The van der Waals surface area contributed by atoms with Crippen LogP contribution in [-0.2, 0) is 19.1 Å². The number of rotatable bonds is 9. The molecule has 1 atom stereocenters. The molecule has 0 radical (unpaired) electrons. The molecule has 2 aliphatic heterocycles. The quantitative estimate of drug-likeness (QED) is 0.526. The van der Waals surface area contributed by atoms with Crippen molar-refractivity contribution >= 4 is 30.1 Å². The molecule has 0 aliphatic carbocycles. The van der Waals surface area contributed by atoms with E-state index in [1.807, 2.05) is 23.6 Å². The van der Waals surface area contributed by atoms with E-state index in [-0.39, 0.29) is 36.2 Å². The summed E-state index contributed by atoms with van der Waals surface area (Å²) in [5, 5.41) is 6.05. The molecular weight excluding hydrogens is 396 g/mol. The van der Waals surface area contributed by atoms with Crippen molar-refractivity contribution in [2.45, 2.75) is 52.0 Å². The van der Waals surface area contributed by atoms with Gasteiger partial charge in [-0.15, -0.1) is 12.4 Å². The van der Waals surface area contributed by atoms with Crippen LogP contribution < -0.4 is 10.6 Å². The van der Waals surface area contributed by atoms with E-state index in [1.165, 1.54) is 0 Å². The van der Waals surface area contributed by atoms with Crippen LogP contribution in [0.5, 0.6) is 0 Å². The summed E-state index contributed by atoms with van der Waals surface area (Å²) in [5.41, 5.74) is 0. The zero-order valence-electron chi connectivity index (χ0n) is 17.8. The smallest absolute Gasteiger partial charge is 0.239 e. The summed E-state index contributed by atoms with van der Waals surface area (Å²) in [6, 6.07) is -0.249. The fourth-order valence-corrected chi connectivity index (χ4v) is 3.49. The lowest BCUT2D eigenvalue weighted by Gasteiger charge is -2.35. The average molecular weight is 433 g/mol. The monoisotopic (exact) mass is 432 g/mol. The van der Waals surface area contributed by atoms with E-state index in [1.54, 1.807) is 0 Å². The largest absolute Gasteiger partial charge is 0.378 e. The molecule has 0 aromatic rings. The first-order valence-corrected chi connectivity index (χ1v) is 10.6. The summed E-state index contributed by atoms with van der Waals surface area (Å²) < 4.78 is 5.28. The summed E-state index contributed by atoms with van der Waals surface area (Å²) >= 11 is 0. The van der Waals surface area contributed by atoms with E-state index in [0.29, 0.717) is 71.2 Å². The molecule has 2 N–H and O–H groups in total. The molecule has 0 bridgehead atoms. The normalized spacial score (nSPS) is 19.6. The van der Waals surface area contributed by atoms with E-state index in [0.717, 1.165) is 19.3 Å². The molecule has 0 aromatic heterocycles. The van der Waals surface area contributed by atoms with Crippen LogP contribution in [0.2, 0.25) is 0 Å². The van der Waals surface area contributed by atoms with Crippen LogP contribution in [0.25, 0.3) is 0 Å². The highest BCUT2D eigenvalue weighted by atomic mass is 35.5. The molecule has 0 aromatic carbocycles. The van der Waals surface area contributed by atoms with E-state index in [4.69, 9.17) is 4.74 Å². The Labute approximate surface area is 180 Å². The second-order valence-corrected chi connectivity index (χ2v) is 8.04. The summed E-state index contributed by atoms with van der Waals surface area (Å²) in [4.78, 5) is 40.1. The number of nitrogens with one attached hydrogen (secondary N) is 2. The third kappa shape index (κ3) is 9.31. The summed E-state index contributed by atoms with van der Waals surface area (Å²) in [6.45, 7) is 9.06. The first-order chi connectivity index (χ1) is 13.5. The van der Waals surface area contributed by atoms with Crippen molar-refractivity contribution in [1.82, 2.24) is 20.4 Å². The number of piperazine rings is 1. The Hall–Kier alpha value is -1.38. The van der Waals surface area contributed by atoms with E-state index >= 15 is 0 Å². The van der Waals surface area contributed by atoms with Gasteiger partial charge in [-0.25, -0.2) is 0 Å². The highest BCUT2D eigenvalue weighted by molar-refractivity contribution is 5.85. The SMILES string of the molecule is CC(C)CC(=O)N1CCN(C(=O)CCCCCNC(=O)C2COCCN2)CC1.Cl. The number of ether oxygens (including phenoxy) is 1. The molecule has 2 heterocycles.